The van der Waals surface area contributed by atoms with Gasteiger partial charge in [-0.3, -0.25) is 0 Å². The van der Waals surface area contributed by atoms with Crippen LogP contribution in [0.2, 0.25) is 0 Å². The number of allylic oxidation sites excluding steroid dienone is 4. The summed E-state index contributed by atoms with van der Waals surface area (Å²) in [6, 6.07) is 1.72. The molecule has 0 aliphatic heterocycles. The highest BCUT2D eigenvalue weighted by Crippen LogP contribution is 2.48. The van der Waals surface area contributed by atoms with Crippen molar-refractivity contribution in [2.24, 2.45) is 0 Å². The van der Waals surface area contributed by atoms with Gasteiger partial charge in [0.2, 0.25) is 0 Å². The van der Waals surface area contributed by atoms with Gasteiger partial charge in [-0.1, -0.05) is 6.07 Å². The van der Waals surface area contributed by atoms with Crippen LogP contribution >= 0.6 is 0 Å². The molecule has 0 bridgehead atoms. The van der Waals surface area contributed by atoms with E-state index in [1.165, 1.54) is 0 Å². The molecule has 1 N–H and O–H groups in total. The Balaban J connectivity index is 2.63. The molecule has 0 aromatic heterocycles. The van der Waals surface area contributed by atoms with Crippen LogP contribution in [0.3, 0.4) is 0 Å². The Labute approximate surface area is 114 Å². The predicted octanol–water partition coefficient (Wildman–Crippen LogP) is 4.98. The zero-order valence-electron chi connectivity index (χ0n) is 10.1. The molecule has 8 heteroatoms. The molecule has 114 valence electrons. The second-order valence-corrected chi connectivity index (χ2v) is 4.41. The molecule has 0 saturated carbocycles. The fourth-order valence-corrected chi connectivity index (χ4v) is 2.15. The van der Waals surface area contributed by atoms with Gasteiger partial charge in [0.15, 0.2) is 11.7 Å². The van der Waals surface area contributed by atoms with E-state index in [1.54, 1.807) is 0 Å². The summed E-state index contributed by atoms with van der Waals surface area (Å²) in [7, 11) is 0. The smallest absolute Gasteiger partial charge is 0.416 e. The first-order chi connectivity index (χ1) is 9.62. The first-order valence-electron chi connectivity index (χ1n) is 5.62. The van der Waals surface area contributed by atoms with E-state index in [9.17, 15) is 35.8 Å². The van der Waals surface area contributed by atoms with Crippen molar-refractivity contribution in [2.75, 3.05) is 0 Å². The summed E-state index contributed by atoms with van der Waals surface area (Å²) in [6.07, 6.45) is -6.25. The molecule has 21 heavy (non-hydrogen) atoms. The highest BCUT2D eigenvalue weighted by molar-refractivity contribution is 5.44. The third-order valence-corrected chi connectivity index (χ3v) is 3.07. The molecule has 1 unspecified atom stereocenters. The van der Waals surface area contributed by atoms with Crippen LogP contribution in [-0.4, -0.2) is 11.3 Å². The van der Waals surface area contributed by atoms with Crippen LogP contribution in [0.1, 0.15) is 17.9 Å². The minimum absolute atomic E-state index is 0.326. The van der Waals surface area contributed by atoms with Crippen molar-refractivity contribution in [1.29, 1.82) is 0 Å². The van der Waals surface area contributed by atoms with E-state index in [4.69, 9.17) is 0 Å². The van der Waals surface area contributed by atoms with Crippen molar-refractivity contribution in [1.82, 2.24) is 0 Å². The van der Waals surface area contributed by atoms with Gasteiger partial charge in [0.05, 0.1) is 5.57 Å². The Kier molecular flexibility index (Phi) is 3.73. The molecular weight excluding hydrogens is 305 g/mol. The van der Waals surface area contributed by atoms with Crippen LogP contribution in [0.5, 0.6) is 0 Å². The van der Waals surface area contributed by atoms with Gasteiger partial charge in [-0.25, -0.2) is 17.6 Å². The highest BCUT2D eigenvalue weighted by atomic mass is 19.4. The number of aliphatic hydroxyl groups is 1. The molecule has 0 fully saturated rings. The summed E-state index contributed by atoms with van der Waals surface area (Å²) in [5.41, 5.74) is -2.62. The van der Waals surface area contributed by atoms with E-state index in [1.807, 2.05) is 0 Å². The summed E-state index contributed by atoms with van der Waals surface area (Å²) in [6.45, 7) is 0. The van der Waals surface area contributed by atoms with Gasteiger partial charge in [-0.05, 0) is 11.6 Å². The number of alkyl halides is 3. The average molecular weight is 312 g/mol. The normalized spacial score (nSPS) is 20.2. The Morgan fingerprint density at radius 1 is 1.00 bits per heavy atom. The van der Waals surface area contributed by atoms with Crippen molar-refractivity contribution >= 4 is 0 Å². The maximum absolute atomic E-state index is 13.6. The average Bonchev–Trinajstić information content (AvgIpc) is 2.33. The minimum atomic E-state index is -5.27. The van der Waals surface area contributed by atoms with Gasteiger partial charge in [0.1, 0.15) is 17.4 Å². The van der Waals surface area contributed by atoms with Crippen molar-refractivity contribution in [3.63, 3.8) is 0 Å². The van der Waals surface area contributed by atoms with Crippen LogP contribution in [0.4, 0.5) is 30.7 Å². The largest absolute Gasteiger partial charge is 0.509 e. The molecule has 0 heterocycles. The van der Waals surface area contributed by atoms with E-state index < -0.39 is 58.7 Å². The van der Waals surface area contributed by atoms with Gasteiger partial charge in [0, 0.05) is 18.4 Å². The molecule has 0 radical (unpaired) electrons. The van der Waals surface area contributed by atoms with E-state index in [-0.39, 0.29) is 0 Å². The Bertz CT molecular complexity index is 642. The fraction of sp³-hybridized carbons (Fsp3) is 0.231. The number of aliphatic hydroxyl groups excluding tert-OH is 1. The maximum atomic E-state index is 13.6. The third-order valence-electron chi connectivity index (χ3n) is 3.07. The molecular formula is C13H7F7O. The maximum Gasteiger partial charge on any atom is 0.416 e. The Morgan fingerprint density at radius 3 is 2.14 bits per heavy atom. The quantitative estimate of drug-likeness (QED) is 0.725. The SMILES string of the molecule is OC1=C(F)C(F)=C(C(F)(F)F)C(c2ccc(F)cc2F)C1. The number of benzene rings is 1. The predicted molar refractivity (Wildman–Crippen MR) is 58.7 cm³/mol. The van der Waals surface area contributed by atoms with Crippen LogP contribution in [0.25, 0.3) is 0 Å². The van der Waals surface area contributed by atoms with Gasteiger partial charge in [0.25, 0.3) is 0 Å². The number of halogens is 7. The molecule has 0 spiro atoms. The highest BCUT2D eigenvalue weighted by Gasteiger charge is 2.47. The lowest BCUT2D eigenvalue weighted by Crippen LogP contribution is -2.24. The van der Waals surface area contributed by atoms with Crippen LogP contribution in [-0.2, 0) is 0 Å². The van der Waals surface area contributed by atoms with Gasteiger partial charge in [-0.2, -0.15) is 13.2 Å². The minimum Gasteiger partial charge on any atom is -0.509 e. The van der Waals surface area contributed by atoms with Crippen LogP contribution < -0.4 is 0 Å². The monoisotopic (exact) mass is 312 g/mol. The summed E-state index contributed by atoms with van der Waals surface area (Å²) in [5.74, 6) is -9.94. The van der Waals surface area contributed by atoms with Crippen LogP contribution in [0.15, 0.2) is 41.2 Å². The topological polar surface area (TPSA) is 20.2 Å². The zero-order chi connectivity index (χ0) is 15.9. The van der Waals surface area contributed by atoms with Crippen molar-refractivity contribution < 1.29 is 35.8 Å². The Hall–Kier alpha value is -1.99. The molecule has 2 rings (SSSR count). The van der Waals surface area contributed by atoms with Gasteiger partial charge < -0.3 is 5.11 Å². The van der Waals surface area contributed by atoms with E-state index in [0.717, 1.165) is 0 Å². The van der Waals surface area contributed by atoms with Gasteiger partial charge >= 0.3 is 6.18 Å². The molecule has 1 aliphatic rings. The standard InChI is InChI=1S/C13H7F7O/c14-5-1-2-6(8(15)3-5)7-4-9(21)11(16)12(17)10(7)13(18,19)20/h1-3,7,21H,4H2. The zero-order valence-corrected chi connectivity index (χ0v) is 10.1. The summed E-state index contributed by atoms with van der Waals surface area (Å²) in [4.78, 5) is 0. The molecule has 0 amide bonds. The molecule has 1 aliphatic carbocycles. The van der Waals surface area contributed by atoms with Crippen molar-refractivity contribution in [3.05, 3.63) is 58.4 Å². The molecule has 1 aromatic rings. The third kappa shape index (κ3) is 2.74. The lowest BCUT2D eigenvalue weighted by atomic mass is 9.83. The van der Waals surface area contributed by atoms with E-state index in [2.05, 4.69) is 0 Å². The fourth-order valence-electron chi connectivity index (χ4n) is 2.15. The van der Waals surface area contributed by atoms with E-state index >= 15 is 0 Å². The van der Waals surface area contributed by atoms with Crippen LogP contribution in [0, 0.1) is 11.6 Å². The van der Waals surface area contributed by atoms with Crippen molar-refractivity contribution in [3.8, 4) is 0 Å². The van der Waals surface area contributed by atoms with Crippen molar-refractivity contribution in [2.45, 2.75) is 18.5 Å². The molecule has 1 nitrogen and oxygen atoms in total. The summed E-state index contributed by atoms with van der Waals surface area (Å²) >= 11 is 0. The first-order valence-corrected chi connectivity index (χ1v) is 5.62. The molecule has 0 saturated heterocycles. The first kappa shape index (κ1) is 15.4. The lowest BCUT2D eigenvalue weighted by molar-refractivity contribution is -0.0987. The second kappa shape index (κ2) is 5.09. The summed E-state index contributed by atoms with van der Waals surface area (Å²) < 4.78 is 91.7. The molecule has 1 atom stereocenters. The number of rotatable bonds is 1. The lowest BCUT2D eigenvalue weighted by Gasteiger charge is -2.26. The summed E-state index contributed by atoms with van der Waals surface area (Å²) in [5, 5.41) is 9.18. The number of hydrogen-bond acceptors (Lipinski definition) is 1. The molecule has 1 aromatic carbocycles. The number of hydrogen-bond donors (Lipinski definition) is 1. The van der Waals surface area contributed by atoms with E-state index in [0.29, 0.717) is 18.2 Å². The second-order valence-electron chi connectivity index (χ2n) is 4.41. The van der Waals surface area contributed by atoms with Gasteiger partial charge in [-0.15, -0.1) is 0 Å². The Morgan fingerprint density at radius 2 is 1.62 bits per heavy atom.